The summed E-state index contributed by atoms with van der Waals surface area (Å²) >= 11 is 0. The summed E-state index contributed by atoms with van der Waals surface area (Å²) in [5, 5.41) is 0. The molecule has 0 rings (SSSR count). The molecule has 16 heteroatoms. The molecule has 0 saturated carbocycles. The van der Waals surface area contributed by atoms with Crippen LogP contribution in [0.15, 0.2) is 0 Å². The zero-order chi connectivity index (χ0) is 13.2. The van der Waals surface area contributed by atoms with Crippen LogP contribution in [0.5, 0.6) is 0 Å². The second-order valence-electron chi connectivity index (χ2n) is 1.94. The lowest BCUT2D eigenvalue weighted by atomic mass is 15.7. The summed E-state index contributed by atoms with van der Waals surface area (Å²) in [5.74, 6) is 0. The van der Waals surface area contributed by atoms with E-state index >= 15 is 0 Å². The molecule has 0 radical (unpaired) electrons. The van der Waals surface area contributed by atoms with E-state index in [0.29, 0.717) is 0 Å². The maximum absolute atomic E-state index is 10.2. The third-order valence-corrected chi connectivity index (χ3v) is 4.67. The van der Waals surface area contributed by atoms with Crippen LogP contribution in [0, 0.1) is 0 Å². The van der Waals surface area contributed by atoms with Gasteiger partial charge in [-0.3, -0.25) is 0 Å². The van der Waals surface area contributed by atoms with Gasteiger partial charge in [-0.1, -0.05) is 0 Å². The summed E-state index contributed by atoms with van der Waals surface area (Å²) in [7, 11) is -19.5. The Morgan fingerprint density at radius 3 is 0.938 bits per heavy atom. The predicted octanol–water partition coefficient (Wildman–Crippen LogP) is -0.459. The Kier molecular flexibility index (Phi) is 5.87. The fourth-order valence-corrected chi connectivity index (χ4v) is 3.55. The van der Waals surface area contributed by atoms with E-state index in [0.717, 1.165) is 0 Å². The van der Waals surface area contributed by atoms with Crippen molar-refractivity contribution in [3.8, 4) is 0 Å². The van der Waals surface area contributed by atoms with E-state index in [1.165, 1.54) is 0 Å². The molecule has 6 N–H and O–H groups in total. The van der Waals surface area contributed by atoms with Gasteiger partial charge in [0.15, 0.2) is 0 Å². The molecule has 0 amide bonds. The van der Waals surface area contributed by atoms with Gasteiger partial charge in [-0.15, -0.1) is 0 Å². The smallest absolute Gasteiger partial charge is 0.302 e. The highest BCUT2D eigenvalue weighted by molar-refractivity contribution is 7.68. The van der Waals surface area contributed by atoms with Crippen molar-refractivity contribution in [1.82, 2.24) is 0 Å². The first-order valence-electron chi connectivity index (χ1n) is 2.84. The quantitative estimate of drug-likeness (QED) is 0.344. The molecule has 0 unspecified atom stereocenters. The molecule has 0 aliphatic rings. The number of hydrogen-bond acceptors (Lipinski definition) is 6. The van der Waals surface area contributed by atoms with Crippen LogP contribution in [-0.2, 0) is 26.6 Å². The molecular weight excluding hydrogens is 316 g/mol. The van der Waals surface area contributed by atoms with Gasteiger partial charge in [-0.2, -0.15) is 0 Å². The number of rotatable bonds is 6. The normalized spacial score (nSPS) is 14.4. The van der Waals surface area contributed by atoms with Gasteiger partial charge in [0, 0.05) is 0 Å². The highest BCUT2D eigenvalue weighted by Gasteiger charge is 2.37. The van der Waals surface area contributed by atoms with E-state index in [1.54, 1.807) is 0 Å². The highest BCUT2D eigenvalue weighted by atomic mass is 31.3. The Bertz CT molecular complexity index is 292. The van der Waals surface area contributed by atoms with Gasteiger partial charge in [-0.25, -0.2) is 26.6 Å². The first-order valence-corrected chi connectivity index (χ1v) is 8.53. The number of hydrogen-bond donors (Lipinski definition) is 6. The zero-order valence-electron chi connectivity index (χ0n) is 6.92. The van der Waals surface area contributed by atoms with Crippen LogP contribution in [0.1, 0.15) is 0 Å². The average molecular weight is 322 g/mol. The minimum Gasteiger partial charge on any atom is -0.302 e. The maximum atomic E-state index is 10.2. The Morgan fingerprint density at radius 2 is 0.812 bits per heavy atom. The molecule has 0 spiro atoms. The first kappa shape index (κ1) is 16.8. The second-order valence-corrected chi connectivity index (χ2v) is 7.29. The van der Waals surface area contributed by atoms with Gasteiger partial charge in [0.25, 0.3) is 0 Å². The van der Waals surface area contributed by atoms with Gasteiger partial charge in [-0.05, 0) is 0 Å². The lowest BCUT2D eigenvalue weighted by molar-refractivity contribution is 0.222. The molecular formula is H6O12P4. The maximum Gasteiger partial charge on any atom is 0.476 e. The fraction of sp³-hybridized carbons (Fsp3) is 0. The molecule has 0 bridgehead atoms. The van der Waals surface area contributed by atoms with Crippen molar-refractivity contribution in [3.63, 3.8) is 0 Å². The summed E-state index contributed by atoms with van der Waals surface area (Å²) < 4.78 is 41.2. The molecule has 12 nitrogen and oxygen atoms in total. The van der Waals surface area contributed by atoms with Crippen LogP contribution in [0.25, 0.3) is 0 Å². The SMILES string of the molecule is O=P(O)(O)OP(OP(=O)(O)O)OP(=O)(O)O. The minimum atomic E-state index is -5.30. The predicted molar refractivity (Wildman–Crippen MR) is 46.3 cm³/mol. The third-order valence-electron chi connectivity index (χ3n) is 0.519. The molecule has 16 heavy (non-hydrogen) atoms. The van der Waals surface area contributed by atoms with Crippen molar-refractivity contribution in [2.24, 2.45) is 0 Å². The van der Waals surface area contributed by atoms with E-state index in [2.05, 4.69) is 12.9 Å². The highest BCUT2D eigenvalue weighted by Crippen LogP contribution is 2.67. The standard InChI is InChI=1S/H6O12P4/c1-14(2,3)10-13(11-15(4,5)6)12-16(7,8)9/h(H2,1,2,3)(H2,4,5,6)(H2,7,8,9). The van der Waals surface area contributed by atoms with E-state index in [-0.39, 0.29) is 0 Å². The van der Waals surface area contributed by atoms with Crippen molar-refractivity contribution in [1.29, 1.82) is 0 Å². The van der Waals surface area contributed by atoms with Crippen molar-refractivity contribution in [3.05, 3.63) is 0 Å². The monoisotopic (exact) mass is 322 g/mol. The van der Waals surface area contributed by atoms with Crippen molar-refractivity contribution >= 4 is 32.1 Å². The van der Waals surface area contributed by atoms with Gasteiger partial charge in [0.05, 0.1) is 0 Å². The Balaban J connectivity index is 4.72. The number of phosphoric acid groups is 3. The van der Waals surface area contributed by atoms with Gasteiger partial charge >= 0.3 is 32.1 Å². The van der Waals surface area contributed by atoms with Gasteiger partial charge in [0.2, 0.25) is 0 Å². The lowest BCUT2D eigenvalue weighted by Gasteiger charge is -2.16. The molecule has 0 aliphatic heterocycles. The molecule has 0 heterocycles. The largest absolute Gasteiger partial charge is 0.476 e. The van der Waals surface area contributed by atoms with Crippen LogP contribution in [0.3, 0.4) is 0 Å². The van der Waals surface area contributed by atoms with Gasteiger partial charge in [0.1, 0.15) is 0 Å². The lowest BCUT2D eigenvalue weighted by Crippen LogP contribution is -1.92. The third kappa shape index (κ3) is 11.3. The zero-order valence-corrected chi connectivity index (χ0v) is 10.5. The van der Waals surface area contributed by atoms with E-state index in [1.807, 2.05) is 0 Å². The van der Waals surface area contributed by atoms with Crippen LogP contribution < -0.4 is 0 Å². The summed E-state index contributed by atoms with van der Waals surface area (Å²) in [6, 6.07) is 0. The molecule has 0 aromatic rings. The van der Waals surface area contributed by atoms with E-state index in [4.69, 9.17) is 29.4 Å². The van der Waals surface area contributed by atoms with E-state index < -0.39 is 32.1 Å². The second kappa shape index (κ2) is 5.60. The molecule has 0 atom stereocenters. The van der Waals surface area contributed by atoms with Crippen LogP contribution in [0.4, 0.5) is 0 Å². The minimum absolute atomic E-state index is 3.49. The molecule has 0 saturated heterocycles. The molecule has 0 aromatic carbocycles. The summed E-state index contributed by atoms with van der Waals surface area (Å²) in [6.07, 6.45) is 0. The van der Waals surface area contributed by atoms with Crippen LogP contribution >= 0.6 is 32.1 Å². The Morgan fingerprint density at radius 1 is 0.625 bits per heavy atom. The van der Waals surface area contributed by atoms with Crippen molar-refractivity contribution in [2.45, 2.75) is 0 Å². The average Bonchev–Trinajstić information content (AvgIpc) is 1.70. The summed E-state index contributed by atoms with van der Waals surface area (Å²) in [5.41, 5.74) is 0. The van der Waals surface area contributed by atoms with Crippen LogP contribution in [0.2, 0.25) is 0 Å². The molecule has 0 fully saturated rings. The Labute approximate surface area is 88.9 Å². The summed E-state index contributed by atoms with van der Waals surface area (Å²) in [6.45, 7) is 0. The van der Waals surface area contributed by atoms with E-state index in [9.17, 15) is 13.7 Å². The molecule has 0 aliphatic carbocycles. The first-order chi connectivity index (χ1) is 6.79. The van der Waals surface area contributed by atoms with Crippen molar-refractivity contribution in [2.75, 3.05) is 0 Å². The molecule has 0 aromatic heterocycles. The fourth-order valence-electron chi connectivity index (χ4n) is 0.305. The summed E-state index contributed by atoms with van der Waals surface area (Å²) in [4.78, 5) is 49.3. The Hall–Kier alpha value is 0.760. The van der Waals surface area contributed by atoms with Gasteiger partial charge < -0.3 is 29.4 Å². The topological polar surface area (TPSA) is 200 Å². The van der Waals surface area contributed by atoms with Crippen molar-refractivity contribution < 1.29 is 56.0 Å². The van der Waals surface area contributed by atoms with Crippen LogP contribution in [-0.4, -0.2) is 29.4 Å². The molecule has 98 valence electrons.